The molecule has 70 valence electrons. The van der Waals surface area contributed by atoms with Crippen molar-refractivity contribution in [3.63, 3.8) is 0 Å². The van der Waals surface area contributed by atoms with Gasteiger partial charge < -0.3 is 0 Å². The molecule has 0 nitrogen and oxygen atoms in total. The van der Waals surface area contributed by atoms with Crippen molar-refractivity contribution < 1.29 is 0 Å². The molecule has 0 fully saturated rings. The van der Waals surface area contributed by atoms with E-state index >= 15 is 0 Å². The summed E-state index contributed by atoms with van der Waals surface area (Å²) in [7, 11) is 0.233. The van der Waals surface area contributed by atoms with Crippen molar-refractivity contribution in [3.8, 4) is 0 Å². The Morgan fingerprint density at radius 1 is 1.17 bits per heavy atom. The van der Waals surface area contributed by atoms with E-state index in [0.29, 0.717) is 0 Å². The number of allylic oxidation sites excluding steroid dienone is 2. The van der Waals surface area contributed by atoms with Crippen LogP contribution in [0.3, 0.4) is 0 Å². The fraction of sp³-hybridized carbons (Fsp3) is 0.818. The van der Waals surface area contributed by atoms with Gasteiger partial charge in [0.1, 0.15) is 0 Å². The molecule has 0 aromatic rings. The number of hydrogen-bond acceptors (Lipinski definition) is 0. The van der Waals surface area contributed by atoms with Crippen molar-refractivity contribution in [2.24, 2.45) is 0 Å². The SMILES string of the molecule is CC(C)P(C(C)C)[C@H]1C=CCC1. The minimum Gasteiger partial charge on any atom is -0.0944 e. The van der Waals surface area contributed by atoms with E-state index in [0.717, 1.165) is 17.0 Å². The molecule has 0 unspecified atom stereocenters. The first-order valence-corrected chi connectivity index (χ1v) is 6.62. The van der Waals surface area contributed by atoms with E-state index in [-0.39, 0.29) is 7.92 Å². The molecule has 1 aliphatic carbocycles. The summed E-state index contributed by atoms with van der Waals surface area (Å²) in [5.41, 5.74) is 2.72. The Bertz CT molecular complexity index is 150. The van der Waals surface area contributed by atoms with Crippen LogP contribution in [-0.4, -0.2) is 17.0 Å². The molecule has 0 aromatic heterocycles. The lowest BCUT2D eigenvalue weighted by molar-refractivity contribution is 0.890. The third-order valence-corrected chi connectivity index (χ3v) is 6.14. The molecule has 0 amide bonds. The molecule has 0 saturated carbocycles. The van der Waals surface area contributed by atoms with E-state index in [2.05, 4.69) is 39.8 Å². The average molecular weight is 184 g/mol. The summed E-state index contributed by atoms with van der Waals surface area (Å²) in [5, 5.41) is 0. The predicted octanol–water partition coefficient (Wildman–Crippen LogP) is 4.00. The second-order valence-electron chi connectivity index (χ2n) is 4.21. The average Bonchev–Trinajstić information content (AvgIpc) is 2.37. The summed E-state index contributed by atoms with van der Waals surface area (Å²) in [6, 6.07) is 0. The molecule has 0 N–H and O–H groups in total. The maximum atomic E-state index is 2.46. The summed E-state index contributed by atoms with van der Waals surface area (Å²) < 4.78 is 0. The Balaban J connectivity index is 2.58. The van der Waals surface area contributed by atoms with Crippen molar-refractivity contribution in [2.45, 2.75) is 57.5 Å². The Kier molecular flexibility index (Phi) is 3.77. The minimum atomic E-state index is 0.233. The Labute approximate surface area is 78.2 Å². The highest BCUT2D eigenvalue weighted by molar-refractivity contribution is 7.60. The number of hydrogen-bond donors (Lipinski definition) is 0. The van der Waals surface area contributed by atoms with Crippen LogP contribution < -0.4 is 0 Å². The molecule has 0 bridgehead atoms. The molecular formula is C11H21P. The van der Waals surface area contributed by atoms with Crippen molar-refractivity contribution in [3.05, 3.63) is 12.2 Å². The Morgan fingerprint density at radius 3 is 2.08 bits per heavy atom. The smallest absolute Gasteiger partial charge is 0.00221 e. The molecule has 0 spiro atoms. The second-order valence-corrected chi connectivity index (χ2v) is 7.83. The van der Waals surface area contributed by atoms with E-state index in [1.54, 1.807) is 0 Å². The third-order valence-electron chi connectivity index (χ3n) is 2.56. The molecule has 1 atom stereocenters. The van der Waals surface area contributed by atoms with Gasteiger partial charge in [0.15, 0.2) is 0 Å². The van der Waals surface area contributed by atoms with Gasteiger partial charge in [-0.05, 0) is 29.8 Å². The van der Waals surface area contributed by atoms with Crippen LogP contribution in [0.4, 0.5) is 0 Å². The molecule has 0 saturated heterocycles. The highest BCUT2D eigenvalue weighted by atomic mass is 31.1. The first-order valence-electron chi connectivity index (χ1n) is 5.07. The topological polar surface area (TPSA) is 0 Å². The molecule has 0 aliphatic heterocycles. The summed E-state index contributed by atoms with van der Waals surface area (Å²) >= 11 is 0. The van der Waals surface area contributed by atoms with Gasteiger partial charge in [0.05, 0.1) is 0 Å². The Hall–Kier alpha value is 0.170. The van der Waals surface area contributed by atoms with Crippen LogP contribution in [0, 0.1) is 0 Å². The van der Waals surface area contributed by atoms with Gasteiger partial charge in [0.2, 0.25) is 0 Å². The zero-order valence-corrected chi connectivity index (χ0v) is 9.64. The Morgan fingerprint density at radius 2 is 1.75 bits per heavy atom. The van der Waals surface area contributed by atoms with Crippen molar-refractivity contribution in [1.82, 2.24) is 0 Å². The molecule has 1 rings (SSSR count). The lowest BCUT2D eigenvalue weighted by Crippen LogP contribution is -2.13. The molecule has 0 radical (unpaired) electrons. The van der Waals surface area contributed by atoms with Gasteiger partial charge >= 0.3 is 0 Å². The molecule has 0 heterocycles. The summed E-state index contributed by atoms with van der Waals surface area (Å²) in [6.07, 6.45) is 7.57. The molecular weight excluding hydrogens is 163 g/mol. The van der Waals surface area contributed by atoms with Crippen molar-refractivity contribution in [2.75, 3.05) is 0 Å². The third kappa shape index (κ3) is 2.33. The lowest BCUT2D eigenvalue weighted by atomic mass is 10.4. The van der Waals surface area contributed by atoms with Crippen LogP contribution in [0.2, 0.25) is 0 Å². The van der Waals surface area contributed by atoms with E-state index in [9.17, 15) is 0 Å². The van der Waals surface area contributed by atoms with Gasteiger partial charge in [-0.1, -0.05) is 47.8 Å². The van der Waals surface area contributed by atoms with Crippen molar-refractivity contribution >= 4 is 7.92 Å². The first-order chi connectivity index (χ1) is 5.63. The van der Waals surface area contributed by atoms with E-state index in [1.807, 2.05) is 0 Å². The standard InChI is InChI=1S/C11H21P/c1-9(2)12(10(3)4)11-7-5-6-8-11/h5,7,9-11H,6,8H2,1-4H3/t11-/m0/s1. The maximum absolute atomic E-state index is 2.46. The van der Waals surface area contributed by atoms with E-state index in [1.165, 1.54) is 12.8 Å². The summed E-state index contributed by atoms with van der Waals surface area (Å²) in [4.78, 5) is 0. The zero-order chi connectivity index (χ0) is 9.14. The fourth-order valence-corrected chi connectivity index (χ4v) is 5.72. The summed E-state index contributed by atoms with van der Waals surface area (Å²) in [5.74, 6) is 0. The van der Waals surface area contributed by atoms with Gasteiger partial charge in [-0.3, -0.25) is 0 Å². The summed E-state index contributed by atoms with van der Waals surface area (Å²) in [6.45, 7) is 9.55. The van der Waals surface area contributed by atoms with Gasteiger partial charge in [-0.2, -0.15) is 0 Å². The van der Waals surface area contributed by atoms with E-state index in [4.69, 9.17) is 0 Å². The van der Waals surface area contributed by atoms with Crippen LogP contribution >= 0.6 is 7.92 Å². The van der Waals surface area contributed by atoms with Crippen LogP contribution in [0.15, 0.2) is 12.2 Å². The first kappa shape index (κ1) is 10.3. The molecule has 1 aliphatic rings. The van der Waals surface area contributed by atoms with E-state index < -0.39 is 0 Å². The van der Waals surface area contributed by atoms with Crippen LogP contribution in [0.25, 0.3) is 0 Å². The maximum Gasteiger partial charge on any atom is -0.00221 e. The fourth-order valence-electron chi connectivity index (χ4n) is 2.23. The normalized spacial score (nSPS) is 23.4. The van der Waals surface area contributed by atoms with Crippen LogP contribution in [0.1, 0.15) is 40.5 Å². The largest absolute Gasteiger partial charge is 0.0944 e. The highest BCUT2D eigenvalue weighted by Gasteiger charge is 2.25. The molecule has 1 heteroatoms. The molecule has 12 heavy (non-hydrogen) atoms. The zero-order valence-electron chi connectivity index (χ0n) is 8.75. The van der Waals surface area contributed by atoms with Crippen molar-refractivity contribution in [1.29, 1.82) is 0 Å². The predicted molar refractivity (Wildman–Crippen MR) is 59.4 cm³/mol. The minimum absolute atomic E-state index is 0.233. The van der Waals surface area contributed by atoms with Gasteiger partial charge in [-0.25, -0.2) is 0 Å². The van der Waals surface area contributed by atoms with Gasteiger partial charge in [-0.15, -0.1) is 0 Å². The second kappa shape index (κ2) is 4.42. The quantitative estimate of drug-likeness (QED) is 0.459. The molecule has 0 aromatic carbocycles. The van der Waals surface area contributed by atoms with Gasteiger partial charge in [0, 0.05) is 0 Å². The monoisotopic (exact) mass is 184 g/mol. The van der Waals surface area contributed by atoms with Crippen LogP contribution in [-0.2, 0) is 0 Å². The van der Waals surface area contributed by atoms with Crippen LogP contribution in [0.5, 0.6) is 0 Å². The van der Waals surface area contributed by atoms with Gasteiger partial charge in [0.25, 0.3) is 0 Å². The lowest BCUT2D eigenvalue weighted by Gasteiger charge is -2.30. The highest BCUT2D eigenvalue weighted by Crippen LogP contribution is 2.53. The number of rotatable bonds is 3.